The van der Waals surface area contributed by atoms with Gasteiger partial charge in [0.1, 0.15) is 11.9 Å². The summed E-state index contributed by atoms with van der Waals surface area (Å²) < 4.78 is 33.2. The number of nitrogens with two attached hydrogens (primary N) is 1. The van der Waals surface area contributed by atoms with Crippen molar-refractivity contribution in [1.29, 1.82) is 0 Å². The smallest absolute Gasteiger partial charge is 0.223 e. The number of aliphatic hydroxyl groups is 3. The van der Waals surface area contributed by atoms with E-state index in [1.807, 2.05) is 34.6 Å². The summed E-state index contributed by atoms with van der Waals surface area (Å²) in [6.07, 6.45) is 5.99. The molecule has 0 bridgehead atoms. The lowest BCUT2D eigenvalue weighted by Crippen LogP contribution is -2.62. The number of hydrogen-bond acceptors (Lipinski definition) is 10. The summed E-state index contributed by atoms with van der Waals surface area (Å²) in [5.74, 6) is -4.78. The van der Waals surface area contributed by atoms with Crippen LogP contribution in [0.4, 0.5) is 0 Å². The minimum atomic E-state index is -1.33. The number of amides is 1. The molecule has 0 aliphatic carbocycles. The van der Waals surface area contributed by atoms with Crippen LogP contribution in [-0.2, 0) is 33.3 Å². The van der Waals surface area contributed by atoms with Crippen molar-refractivity contribution in [2.45, 2.75) is 193 Å². The largest absolute Gasteiger partial charge is 0.392 e. The number of carbonyl (C=O) groups is 2. The Balaban J connectivity index is 1.29. The molecule has 4 fully saturated rings. The maximum Gasteiger partial charge on any atom is 0.223 e. The maximum atomic E-state index is 14.4. The number of aliphatic hydroxyl groups excluding tert-OH is 2. The molecule has 5 N–H and O–H groups in total. The van der Waals surface area contributed by atoms with Crippen LogP contribution in [0.25, 0.3) is 0 Å². The van der Waals surface area contributed by atoms with Crippen molar-refractivity contribution in [3.63, 3.8) is 0 Å². The van der Waals surface area contributed by atoms with Crippen molar-refractivity contribution < 1.29 is 48.6 Å². The fraction of sp³-hybridized carbons (Fsp3) is 0.902. The lowest BCUT2D eigenvalue weighted by molar-refractivity contribution is -0.401. The molecule has 1 amide bonds. The molecule has 0 aromatic rings. The first-order chi connectivity index (χ1) is 24.5. The van der Waals surface area contributed by atoms with E-state index in [-0.39, 0.29) is 71.8 Å². The molecule has 0 saturated carbocycles. The van der Waals surface area contributed by atoms with Crippen LogP contribution in [-0.4, -0.2) is 93.0 Å². The van der Waals surface area contributed by atoms with Crippen LogP contribution in [0.2, 0.25) is 0 Å². The fourth-order valence-electron chi connectivity index (χ4n) is 10.2. The first-order valence-electron chi connectivity index (χ1n) is 20.4. The monoisotopic (exact) mass is 735 g/mol. The van der Waals surface area contributed by atoms with E-state index in [9.17, 15) is 24.9 Å². The molecule has 3 unspecified atom stereocenters. The van der Waals surface area contributed by atoms with Gasteiger partial charge in [0.2, 0.25) is 11.7 Å². The number of primary amides is 1. The van der Waals surface area contributed by atoms with E-state index in [1.165, 1.54) is 0 Å². The first-order valence-corrected chi connectivity index (χ1v) is 20.4. The van der Waals surface area contributed by atoms with Crippen molar-refractivity contribution in [3.8, 4) is 0 Å². The molecule has 0 aromatic carbocycles. The van der Waals surface area contributed by atoms with Crippen LogP contribution in [0.5, 0.6) is 0 Å². The summed E-state index contributed by atoms with van der Waals surface area (Å²) in [5, 5.41) is 34.0. The third-order valence-corrected chi connectivity index (χ3v) is 14.0. The molecule has 2 spiro atoms. The minimum Gasteiger partial charge on any atom is -0.392 e. The van der Waals surface area contributed by atoms with Gasteiger partial charge < -0.3 is 44.7 Å². The molecule has 11 nitrogen and oxygen atoms in total. The van der Waals surface area contributed by atoms with E-state index in [4.69, 9.17) is 29.4 Å². The van der Waals surface area contributed by atoms with Crippen LogP contribution in [0.15, 0.2) is 12.2 Å². The Bertz CT molecular complexity index is 1280. The Labute approximate surface area is 311 Å². The van der Waals surface area contributed by atoms with Crippen LogP contribution in [0.3, 0.4) is 0 Å². The highest BCUT2D eigenvalue weighted by Crippen LogP contribution is 2.51. The molecule has 52 heavy (non-hydrogen) atoms. The number of carbonyl (C=O) groups excluding carboxylic acids is 2. The second kappa shape index (κ2) is 16.3. The molecule has 11 heteroatoms. The van der Waals surface area contributed by atoms with Gasteiger partial charge in [-0.1, -0.05) is 55.4 Å². The molecule has 5 rings (SSSR count). The second-order valence-electron chi connectivity index (χ2n) is 17.3. The SMILES string of the molecule is CC[C@@H](C(=O)[C@@H](C)[C@@H](O)[C@H](C)[C@@H]1O[C@@H]([C@@H](CC)C(N)=O)CC[C@@H]1C)[C@H]1O[C@]2(C=CC(O)C3(CCC([C@H]4CC[C@](O)(CC)[C@H](C)O4)O3)O2)[C@H](C)C[C@@H]1C. The Hall–Kier alpha value is -1.44. The van der Waals surface area contributed by atoms with Gasteiger partial charge >= 0.3 is 0 Å². The molecule has 0 radical (unpaired) electrons. The highest BCUT2D eigenvalue weighted by Gasteiger charge is 2.60. The van der Waals surface area contributed by atoms with Crippen LogP contribution in [0.1, 0.15) is 127 Å². The van der Waals surface area contributed by atoms with Crippen molar-refractivity contribution in [1.82, 2.24) is 0 Å². The van der Waals surface area contributed by atoms with Gasteiger partial charge in [0.25, 0.3) is 0 Å². The molecule has 5 aliphatic heterocycles. The first kappa shape index (κ1) is 41.7. The molecular formula is C41H69NO10. The second-order valence-corrected chi connectivity index (χ2v) is 17.3. The van der Waals surface area contributed by atoms with Crippen molar-refractivity contribution in [2.75, 3.05) is 0 Å². The molecule has 4 saturated heterocycles. The van der Waals surface area contributed by atoms with Crippen LogP contribution >= 0.6 is 0 Å². The van der Waals surface area contributed by atoms with Gasteiger partial charge in [-0.05, 0) is 88.7 Å². The third kappa shape index (κ3) is 7.81. The van der Waals surface area contributed by atoms with E-state index < -0.39 is 47.3 Å². The molecule has 5 aliphatic rings. The summed E-state index contributed by atoms with van der Waals surface area (Å²) >= 11 is 0. The molecular weight excluding hydrogens is 666 g/mol. The minimum absolute atomic E-state index is 0.0324. The third-order valence-electron chi connectivity index (χ3n) is 14.0. The van der Waals surface area contributed by atoms with E-state index in [0.29, 0.717) is 44.9 Å². The summed E-state index contributed by atoms with van der Waals surface area (Å²) in [5.41, 5.74) is 4.84. The Morgan fingerprint density at radius 2 is 1.56 bits per heavy atom. The molecule has 298 valence electrons. The summed E-state index contributed by atoms with van der Waals surface area (Å²) in [6.45, 7) is 17.8. The van der Waals surface area contributed by atoms with Gasteiger partial charge in [0.15, 0.2) is 5.79 Å². The molecule has 5 heterocycles. The zero-order valence-electron chi connectivity index (χ0n) is 33.2. The number of rotatable bonds is 12. The average molecular weight is 736 g/mol. The quantitative estimate of drug-likeness (QED) is 0.196. The van der Waals surface area contributed by atoms with E-state index in [0.717, 1.165) is 19.3 Å². The Morgan fingerprint density at radius 3 is 2.17 bits per heavy atom. The topological polar surface area (TPSA) is 167 Å². The van der Waals surface area contributed by atoms with Gasteiger partial charge in [-0.2, -0.15) is 0 Å². The molecule has 18 atom stereocenters. The van der Waals surface area contributed by atoms with Gasteiger partial charge in [0.05, 0.1) is 54.2 Å². The van der Waals surface area contributed by atoms with Gasteiger partial charge in [-0.25, -0.2) is 0 Å². The summed E-state index contributed by atoms with van der Waals surface area (Å²) in [7, 11) is 0. The standard InChI is InChI=1S/C41H69NO10/c1-10-28(38(42)46)30-14-13-22(4)36(49-30)26(8)34(44)25(7)35(45)29(11-2)37-23(5)21-24(6)40(51-37)20-17-33(43)41(52-40)19-16-32(50-41)31-15-18-39(47,12-3)27(9)48-31/h17,20,22-34,36-37,43-44,47H,10-16,18-19,21H2,1-9H3,(H2,42,46)/t22-,23-,24+,25-,26-,27-,28+,29-,30+,31+,32?,33?,34+,36+,37-,39+,40-,41?/m0/s1. The zero-order chi connectivity index (χ0) is 38.3. The average Bonchev–Trinajstić information content (AvgIpc) is 3.54. The van der Waals surface area contributed by atoms with Crippen molar-refractivity contribution in [2.24, 2.45) is 47.2 Å². The Morgan fingerprint density at radius 1 is 0.885 bits per heavy atom. The fourth-order valence-corrected chi connectivity index (χ4v) is 10.2. The lowest BCUT2D eigenvalue weighted by Gasteiger charge is -2.53. The molecule has 0 aromatic heterocycles. The summed E-state index contributed by atoms with van der Waals surface area (Å²) in [6, 6.07) is 0. The number of Topliss-reactive ketones (excluding diaryl/α,β-unsaturated/α-hetero) is 1. The van der Waals surface area contributed by atoms with Crippen molar-refractivity contribution in [3.05, 3.63) is 12.2 Å². The number of hydrogen-bond donors (Lipinski definition) is 4. The number of ketones is 1. The predicted octanol–water partition coefficient (Wildman–Crippen LogP) is 5.20. The normalized spacial score (nSPS) is 45.4. The lowest BCUT2D eigenvalue weighted by atomic mass is 9.72. The highest BCUT2D eigenvalue weighted by molar-refractivity contribution is 5.84. The van der Waals surface area contributed by atoms with Gasteiger partial charge in [0, 0.05) is 30.1 Å². The number of ether oxygens (including phenoxy) is 5. The van der Waals surface area contributed by atoms with Gasteiger partial charge in [-0.3, -0.25) is 9.59 Å². The van der Waals surface area contributed by atoms with E-state index >= 15 is 0 Å². The predicted molar refractivity (Wildman–Crippen MR) is 196 cm³/mol. The zero-order valence-corrected chi connectivity index (χ0v) is 33.2. The highest BCUT2D eigenvalue weighted by atomic mass is 16.8. The van der Waals surface area contributed by atoms with Crippen LogP contribution < -0.4 is 5.73 Å². The Kier molecular flexibility index (Phi) is 13.1. The maximum absolute atomic E-state index is 14.4. The van der Waals surface area contributed by atoms with Crippen LogP contribution in [0, 0.1) is 41.4 Å². The van der Waals surface area contributed by atoms with E-state index in [1.54, 1.807) is 19.1 Å². The van der Waals surface area contributed by atoms with E-state index in [2.05, 4.69) is 20.8 Å². The van der Waals surface area contributed by atoms with Gasteiger partial charge in [-0.15, -0.1) is 0 Å². The summed E-state index contributed by atoms with van der Waals surface area (Å²) in [4.78, 5) is 26.5. The van der Waals surface area contributed by atoms with Crippen molar-refractivity contribution >= 4 is 11.7 Å².